The predicted molar refractivity (Wildman–Crippen MR) is 146 cm³/mol. The van der Waals surface area contributed by atoms with E-state index in [0.29, 0.717) is 40.3 Å². The third kappa shape index (κ3) is 5.26. The van der Waals surface area contributed by atoms with E-state index in [2.05, 4.69) is 37.7 Å². The van der Waals surface area contributed by atoms with Crippen LogP contribution in [0.3, 0.4) is 0 Å². The Hall–Kier alpha value is -3.72. The normalized spacial score (nSPS) is 10.9. The minimum Gasteiger partial charge on any atom is -0.383 e. The van der Waals surface area contributed by atoms with Gasteiger partial charge < -0.3 is 16.4 Å². The number of thiophene rings is 1. The number of halogens is 2. The molecule has 36 heavy (non-hydrogen) atoms. The van der Waals surface area contributed by atoms with Crippen LogP contribution in [0, 0.1) is 0 Å². The third-order valence-corrected chi connectivity index (χ3v) is 7.41. The molecule has 2 aromatic carbocycles. The van der Waals surface area contributed by atoms with Crippen molar-refractivity contribution in [2.75, 3.05) is 11.1 Å². The van der Waals surface area contributed by atoms with E-state index >= 15 is 0 Å². The Morgan fingerprint density at radius 3 is 2.69 bits per heavy atom. The number of carbonyl (C=O) groups is 1. The number of carbonyl (C=O) groups excluding carboxylic acids is 1. The highest BCUT2D eigenvalue weighted by atomic mass is 35.5. The van der Waals surface area contributed by atoms with Gasteiger partial charge in [0.25, 0.3) is 5.91 Å². The van der Waals surface area contributed by atoms with Gasteiger partial charge >= 0.3 is 0 Å². The maximum Gasteiger partial charge on any atom is 0.255 e. The fraction of sp³-hybridized carbons (Fsp3) is 0.0769. The summed E-state index contributed by atoms with van der Waals surface area (Å²) in [5.74, 6) is 0.731. The Bertz CT molecular complexity index is 1570. The number of benzene rings is 2. The van der Waals surface area contributed by atoms with Gasteiger partial charge in [-0.05, 0) is 59.7 Å². The zero-order chi connectivity index (χ0) is 25.1. The maximum atomic E-state index is 12.9. The zero-order valence-corrected chi connectivity index (χ0v) is 21.2. The highest BCUT2D eigenvalue weighted by Gasteiger charge is 2.13. The van der Waals surface area contributed by atoms with E-state index in [0.717, 1.165) is 31.8 Å². The number of hydrogen-bond acceptors (Lipinski definition) is 7. The molecule has 5 rings (SSSR count). The molecule has 3 heterocycles. The zero-order valence-electron chi connectivity index (χ0n) is 18.8. The number of pyridine rings is 1. The summed E-state index contributed by atoms with van der Waals surface area (Å²) in [5, 5.41) is 7.94. The number of nitrogens with one attached hydrogen (secondary N) is 2. The fourth-order valence-corrected chi connectivity index (χ4v) is 4.95. The summed E-state index contributed by atoms with van der Waals surface area (Å²) in [6.45, 7) is 0.841. The van der Waals surface area contributed by atoms with Gasteiger partial charge in [-0.1, -0.05) is 35.3 Å². The summed E-state index contributed by atoms with van der Waals surface area (Å²) in [5.41, 5.74) is 9.18. The molecule has 4 N–H and O–H groups in total. The molecule has 0 spiro atoms. The fourth-order valence-electron chi connectivity index (χ4n) is 3.69. The molecule has 1 amide bonds. The number of amides is 1. The Morgan fingerprint density at radius 2 is 1.83 bits per heavy atom. The molecule has 0 atom stereocenters. The highest BCUT2D eigenvalue weighted by molar-refractivity contribution is 7.15. The highest BCUT2D eigenvalue weighted by Crippen LogP contribution is 2.31. The van der Waals surface area contributed by atoms with Crippen molar-refractivity contribution in [3.8, 4) is 10.4 Å². The molecule has 0 unspecified atom stereocenters. The monoisotopic (exact) mass is 534 g/mol. The number of rotatable bonds is 7. The second-order valence-electron chi connectivity index (χ2n) is 7.94. The number of aromatic nitrogens is 3. The topological polar surface area (TPSA) is 106 Å². The van der Waals surface area contributed by atoms with Gasteiger partial charge in [0, 0.05) is 27.9 Å². The quantitative estimate of drug-likeness (QED) is 0.230. The summed E-state index contributed by atoms with van der Waals surface area (Å²) in [6.07, 6.45) is 3.12. The first-order valence-corrected chi connectivity index (χ1v) is 12.6. The number of fused-ring (bicyclic) bond motifs is 1. The lowest BCUT2D eigenvalue weighted by molar-refractivity contribution is 0.0951. The van der Waals surface area contributed by atoms with E-state index in [1.807, 2.05) is 24.3 Å². The average Bonchev–Trinajstić information content (AvgIpc) is 3.37. The van der Waals surface area contributed by atoms with Crippen LogP contribution in [0.25, 0.3) is 21.3 Å². The van der Waals surface area contributed by atoms with E-state index in [4.69, 9.17) is 28.9 Å². The minimum absolute atomic E-state index is 0.237. The van der Waals surface area contributed by atoms with E-state index in [1.54, 1.807) is 41.8 Å². The third-order valence-electron chi connectivity index (χ3n) is 5.53. The van der Waals surface area contributed by atoms with Gasteiger partial charge in [0.15, 0.2) is 0 Å². The van der Waals surface area contributed by atoms with Gasteiger partial charge in [-0.3, -0.25) is 4.79 Å². The summed E-state index contributed by atoms with van der Waals surface area (Å²) in [4.78, 5) is 27.8. The van der Waals surface area contributed by atoms with Crippen LogP contribution in [0.15, 0.2) is 73.2 Å². The molecule has 0 radical (unpaired) electrons. The van der Waals surface area contributed by atoms with Gasteiger partial charge in [-0.15, -0.1) is 11.3 Å². The molecular weight excluding hydrogens is 515 g/mol. The smallest absolute Gasteiger partial charge is 0.255 e. The van der Waals surface area contributed by atoms with Crippen LogP contribution in [0.2, 0.25) is 10.0 Å². The van der Waals surface area contributed by atoms with E-state index < -0.39 is 0 Å². The molecule has 7 nitrogen and oxygen atoms in total. The van der Waals surface area contributed by atoms with Crippen LogP contribution in [0.1, 0.15) is 20.8 Å². The van der Waals surface area contributed by atoms with Gasteiger partial charge in [-0.25, -0.2) is 15.0 Å². The SMILES string of the molecule is Nc1ncnc2ccc(-c3ccc(CNc4ncccc4C(=O)NCc4ccc(Cl)c(Cl)c4)s3)cc12. The second-order valence-corrected chi connectivity index (χ2v) is 9.92. The maximum absolute atomic E-state index is 12.9. The first-order valence-electron chi connectivity index (χ1n) is 11.0. The van der Waals surface area contributed by atoms with Crippen molar-refractivity contribution in [2.45, 2.75) is 13.1 Å². The minimum atomic E-state index is -0.237. The largest absolute Gasteiger partial charge is 0.383 e. The number of nitrogens with two attached hydrogens (primary N) is 1. The van der Waals surface area contributed by atoms with Crippen LogP contribution in [0.5, 0.6) is 0 Å². The Morgan fingerprint density at radius 1 is 0.944 bits per heavy atom. The van der Waals surface area contributed by atoms with E-state index in [-0.39, 0.29) is 5.91 Å². The molecule has 0 saturated carbocycles. The number of hydrogen-bond donors (Lipinski definition) is 3. The van der Waals surface area contributed by atoms with Crippen molar-refractivity contribution in [1.82, 2.24) is 20.3 Å². The summed E-state index contributed by atoms with van der Waals surface area (Å²) < 4.78 is 0. The van der Waals surface area contributed by atoms with Crippen molar-refractivity contribution in [3.05, 3.63) is 99.2 Å². The van der Waals surface area contributed by atoms with Crippen molar-refractivity contribution < 1.29 is 4.79 Å². The van der Waals surface area contributed by atoms with Gasteiger partial charge in [0.2, 0.25) is 0 Å². The van der Waals surface area contributed by atoms with Gasteiger partial charge in [0.05, 0.1) is 27.7 Å². The molecule has 3 aromatic heterocycles. The van der Waals surface area contributed by atoms with Gasteiger partial charge in [0.1, 0.15) is 18.0 Å². The lowest BCUT2D eigenvalue weighted by Gasteiger charge is -2.11. The number of nitrogen functional groups attached to an aromatic ring is 1. The molecule has 0 aliphatic carbocycles. The first-order chi connectivity index (χ1) is 17.5. The van der Waals surface area contributed by atoms with Crippen LogP contribution in [-0.4, -0.2) is 20.9 Å². The van der Waals surface area contributed by atoms with Gasteiger partial charge in [-0.2, -0.15) is 0 Å². The summed E-state index contributed by atoms with van der Waals surface area (Å²) in [7, 11) is 0. The molecule has 5 aromatic rings. The molecule has 0 aliphatic rings. The van der Waals surface area contributed by atoms with Crippen molar-refractivity contribution in [3.63, 3.8) is 0 Å². The van der Waals surface area contributed by atoms with Crippen LogP contribution in [-0.2, 0) is 13.1 Å². The Balaban J connectivity index is 1.26. The van der Waals surface area contributed by atoms with Crippen molar-refractivity contribution >= 4 is 63.0 Å². The predicted octanol–water partition coefficient (Wildman–Crippen LogP) is 6.18. The van der Waals surface area contributed by atoms with Crippen molar-refractivity contribution in [2.24, 2.45) is 0 Å². The lowest BCUT2D eigenvalue weighted by atomic mass is 10.1. The molecule has 0 saturated heterocycles. The van der Waals surface area contributed by atoms with E-state index in [1.165, 1.54) is 6.33 Å². The average molecular weight is 535 g/mol. The molecule has 10 heteroatoms. The Kier molecular flexibility index (Phi) is 6.99. The molecule has 180 valence electrons. The van der Waals surface area contributed by atoms with Crippen LogP contribution < -0.4 is 16.4 Å². The summed E-state index contributed by atoms with van der Waals surface area (Å²) >= 11 is 13.7. The first kappa shape index (κ1) is 24.0. The van der Waals surface area contributed by atoms with Crippen LogP contribution in [0.4, 0.5) is 11.6 Å². The summed E-state index contributed by atoms with van der Waals surface area (Å²) in [6, 6.07) is 18.8. The van der Waals surface area contributed by atoms with Crippen LogP contribution >= 0.6 is 34.5 Å². The standard InChI is InChI=1S/C26H20Cl2N6OS/c27-20-6-3-15(10-21(20)28)12-32-26(35)18-2-1-9-30-25(18)31-13-17-5-8-23(36-17)16-4-7-22-19(11-16)24(29)34-14-33-22/h1-11,14H,12-13H2,(H,30,31)(H,32,35)(H2,29,33,34). The lowest BCUT2D eigenvalue weighted by Crippen LogP contribution is -2.24. The van der Waals surface area contributed by atoms with Crippen molar-refractivity contribution in [1.29, 1.82) is 0 Å². The Labute approximate surface area is 221 Å². The molecule has 0 fully saturated rings. The molecule has 0 aliphatic heterocycles. The number of nitrogens with zero attached hydrogens (tertiary/aromatic N) is 3. The second kappa shape index (κ2) is 10.5. The molecule has 0 bridgehead atoms. The number of anilines is 2. The molecular formula is C26H20Cl2N6OS. The van der Waals surface area contributed by atoms with E-state index in [9.17, 15) is 4.79 Å².